The van der Waals surface area contributed by atoms with Crippen LogP contribution < -0.4 is 10.2 Å². The molecule has 0 atom stereocenters. The smallest absolute Gasteiger partial charge is 0.416 e. The summed E-state index contributed by atoms with van der Waals surface area (Å²) in [5.74, 6) is 0.905. The molecule has 0 aliphatic heterocycles. The first-order valence-electron chi connectivity index (χ1n) is 11.0. The third-order valence-electron chi connectivity index (χ3n) is 5.25. The lowest BCUT2D eigenvalue weighted by atomic mass is 10.1. The molecule has 0 spiro atoms. The lowest BCUT2D eigenvalue weighted by Gasteiger charge is -2.11. The summed E-state index contributed by atoms with van der Waals surface area (Å²) in [6, 6.07) is 19.7. The van der Waals surface area contributed by atoms with Crippen LogP contribution in [0.25, 0.3) is 17.1 Å². The van der Waals surface area contributed by atoms with E-state index in [2.05, 4.69) is 20.7 Å². The maximum atomic E-state index is 12.7. The molecule has 0 unspecified atom stereocenters. The number of nitrogens with zero attached hydrogens (tertiary/aromatic N) is 4. The fraction of sp³-hybridized carbons (Fsp3) is 0.154. The number of hydrogen-bond acceptors (Lipinski definition) is 6. The Morgan fingerprint density at radius 2 is 1.70 bits per heavy atom. The van der Waals surface area contributed by atoms with Crippen molar-refractivity contribution < 1.29 is 22.7 Å². The maximum Gasteiger partial charge on any atom is 0.416 e. The van der Waals surface area contributed by atoms with Crippen molar-refractivity contribution in [2.75, 3.05) is 12.9 Å². The van der Waals surface area contributed by atoms with E-state index in [1.807, 2.05) is 60.0 Å². The monoisotopic (exact) mass is 525 g/mol. The number of thioether (sulfide) groups is 1. The van der Waals surface area contributed by atoms with E-state index in [4.69, 9.17) is 4.74 Å². The quantitative estimate of drug-likeness (QED) is 0.186. The first kappa shape index (κ1) is 26.0. The van der Waals surface area contributed by atoms with Crippen molar-refractivity contribution in [3.8, 4) is 22.8 Å². The summed E-state index contributed by atoms with van der Waals surface area (Å²) in [6.07, 6.45) is -3.13. The van der Waals surface area contributed by atoms with Crippen molar-refractivity contribution in [1.82, 2.24) is 20.2 Å². The highest BCUT2D eigenvalue weighted by molar-refractivity contribution is 7.99. The van der Waals surface area contributed by atoms with Crippen LogP contribution in [0.3, 0.4) is 0 Å². The summed E-state index contributed by atoms with van der Waals surface area (Å²) >= 11 is 1.18. The normalized spacial score (nSPS) is 11.6. The topological polar surface area (TPSA) is 81.4 Å². The first-order chi connectivity index (χ1) is 17.7. The number of hydrogen-bond donors (Lipinski definition) is 1. The van der Waals surface area contributed by atoms with Gasteiger partial charge in [0, 0.05) is 11.3 Å². The highest BCUT2D eigenvalue weighted by atomic mass is 32.2. The lowest BCUT2D eigenvalue weighted by Crippen LogP contribution is -2.20. The van der Waals surface area contributed by atoms with E-state index in [0.717, 1.165) is 28.9 Å². The number of amides is 1. The predicted molar refractivity (Wildman–Crippen MR) is 136 cm³/mol. The molecule has 0 saturated heterocycles. The summed E-state index contributed by atoms with van der Waals surface area (Å²) in [4.78, 5) is 12.4. The van der Waals surface area contributed by atoms with E-state index >= 15 is 0 Å². The molecule has 1 heterocycles. The average molecular weight is 526 g/mol. The van der Waals surface area contributed by atoms with Gasteiger partial charge in [0.1, 0.15) is 5.75 Å². The van der Waals surface area contributed by atoms with Crippen LogP contribution >= 0.6 is 11.8 Å². The number of aryl methyl sites for hydroxylation is 1. The molecule has 11 heteroatoms. The van der Waals surface area contributed by atoms with Crippen molar-refractivity contribution in [1.29, 1.82) is 0 Å². The third-order valence-corrected chi connectivity index (χ3v) is 6.18. The minimum absolute atomic E-state index is 0.00740. The summed E-state index contributed by atoms with van der Waals surface area (Å²) in [5, 5.41) is 13.0. The molecule has 0 aliphatic rings. The molecule has 4 rings (SSSR count). The lowest BCUT2D eigenvalue weighted by molar-refractivity contribution is -0.137. The Hall–Kier alpha value is -4.12. The predicted octanol–water partition coefficient (Wildman–Crippen LogP) is 5.51. The van der Waals surface area contributed by atoms with Gasteiger partial charge in [-0.3, -0.25) is 9.36 Å². The van der Waals surface area contributed by atoms with E-state index < -0.39 is 17.6 Å². The first-order valence-corrected chi connectivity index (χ1v) is 12.0. The second kappa shape index (κ2) is 11.3. The number of aromatic nitrogens is 3. The number of carbonyl (C=O) groups is 1. The molecule has 1 amide bonds. The summed E-state index contributed by atoms with van der Waals surface area (Å²) < 4.78 is 45.1. The molecule has 190 valence electrons. The Morgan fingerprint density at radius 3 is 2.32 bits per heavy atom. The van der Waals surface area contributed by atoms with E-state index in [9.17, 15) is 18.0 Å². The number of ether oxygens (including phenoxy) is 1. The van der Waals surface area contributed by atoms with E-state index in [-0.39, 0.29) is 5.75 Å². The van der Waals surface area contributed by atoms with Crippen molar-refractivity contribution in [2.24, 2.45) is 5.10 Å². The number of rotatable bonds is 8. The van der Waals surface area contributed by atoms with Gasteiger partial charge in [-0.15, -0.1) is 10.2 Å². The van der Waals surface area contributed by atoms with Gasteiger partial charge in [-0.25, -0.2) is 5.43 Å². The molecule has 37 heavy (non-hydrogen) atoms. The van der Waals surface area contributed by atoms with Gasteiger partial charge in [-0.05, 0) is 48.9 Å². The number of hydrazone groups is 1. The van der Waals surface area contributed by atoms with Crippen molar-refractivity contribution >= 4 is 23.9 Å². The van der Waals surface area contributed by atoms with Gasteiger partial charge in [0.25, 0.3) is 5.91 Å². The fourth-order valence-corrected chi connectivity index (χ4v) is 4.06. The number of carbonyl (C=O) groups excluding carboxylic acids is 1. The standard InChI is InChI=1S/C26H22F3N5O2S/c1-17-3-7-19(8-4-17)24-32-33-25(34(24)21-11-13-22(36-2)14-12-21)37-16-23(35)31-30-15-18-5-9-20(10-6-18)26(27,28)29/h3-15H,16H2,1-2H3,(H,31,35)/b30-15-. The third kappa shape index (κ3) is 6.56. The Labute approximate surface area is 215 Å². The number of benzene rings is 3. The van der Waals surface area contributed by atoms with Crippen LogP contribution in [0, 0.1) is 6.92 Å². The van der Waals surface area contributed by atoms with E-state index in [0.29, 0.717) is 22.3 Å². The van der Waals surface area contributed by atoms with E-state index in [1.54, 1.807) is 7.11 Å². The van der Waals surface area contributed by atoms with Crippen molar-refractivity contribution in [3.63, 3.8) is 0 Å². The fourth-order valence-electron chi connectivity index (χ4n) is 3.32. The van der Waals surface area contributed by atoms with Gasteiger partial charge >= 0.3 is 6.18 Å². The molecule has 0 aliphatic carbocycles. The second-order valence-corrected chi connectivity index (χ2v) is 8.85. The molecule has 0 bridgehead atoms. The van der Waals surface area contributed by atoms with Gasteiger partial charge in [-0.2, -0.15) is 18.3 Å². The van der Waals surface area contributed by atoms with Crippen LogP contribution in [0.4, 0.5) is 13.2 Å². The van der Waals surface area contributed by atoms with Gasteiger partial charge in [0.2, 0.25) is 0 Å². The molecular formula is C26H22F3N5O2S. The molecular weight excluding hydrogens is 503 g/mol. The number of halogens is 3. The number of alkyl halides is 3. The largest absolute Gasteiger partial charge is 0.497 e. The zero-order valence-corrected chi connectivity index (χ0v) is 20.7. The minimum atomic E-state index is -4.41. The highest BCUT2D eigenvalue weighted by Gasteiger charge is 2.29. The SMILES string of the molecule is COc1ccc(-n2c(SCC(=O)N/N=C\c3ccc(C(F)(F)F)cc3)nnc2-c2ccc(C)cc2)cc1. The molecule has 7 nitrogen and oxygen atoms in total. The minimum Gasteiger partial charge on any atom is -0.497 e. The van der Waals surface area contributed by atoms with Gasteiger partial charge in [0.05, 0.1) is 24.6 Å². The summed E-state index contributed by atoms with van der Waals surface area (Å²) in [5.41, 5.74) is 4.82. The van der Waals surface area contributed by atoms with Crippen LogP contribution in [0.15, 0.2) is 83.1 Å². The van der Waals surface area contributed by atoms with E-state index in [1.165, 1.54) is 30.1 Å². The second-order valence-electron chi connectivity index (χ2n) is 7.91. The van der Waals surface area contributed by atoms with Crippen molar-refractivity contribution in [3.05, 3.63) is 89.5 Å². The molecule has 4 aromatic rings. The number of nitrogens with one attached hydrogen (secondary N) is 1. The van der Waals surface area contributed by atoms with Gasteiger partial charge in [-0.1, -0.05) is 53.7 Å². The zero-order chi connectivity index (χ0) is 26.4. The molecule has 0 fully saturated rings. The molecule has 0 saturated carbocycles. The Morgan fingerprint density at radius 1 is 1.03 bits per heavy atom. The van der Waals surface area contributed by atoms with Crippen LogP contribution in [0.1, 0.15) is 16.7 Å². The number of methoxy groups -OCH3 is 1. The molecule has 3 aromatic carbocycles. The summed E-state index contributed by atoms with van der Waals surface area (Å²) in [6.45, 7) is 2.00. The van der Waals surface area contributed by atoms with Gasteiger partial charge in [0.15, 0.2) is 11.0 Å². The maximum absolute atomic E-state index is 12.7. The van der Waals surface area contributed by atoms with Crippen LogP contribution in [0.5, 0.6) is 5.75 Å². The van der Waals surface area contributed by atoms with Crippen LogP contribution in [-0.4, -0.2) is 39.7 Å². The molecule has 1 N–H and O–H groups in total. The Balaban J connectivity index is 1.47. The van der Waals surface area contributed by atoms with Crippen molar-refractivity contribution in [2.45, 2.75) is 18.3 Å². The Bertz CT molecular complexity index is 1380. The Kier molecular flexibility index (Phi) is 7.92. The van der Waals surface area contributed by atoms with Crippen LogP contribution in [0.2, 0.25) is 0 Å². The van der Waals surface area contributed by atoms with Gasteiger partial charge < -0.3 is 4.74 Å². The molecule has 1 aromatic heterocycles. The zero-order valence-electron chi connectivity index (χ0n) is 19.9. The molecule has 0 radical (unpaired) electrons. The summed E-state index contributed by atoms with van der Waals surface area (Å²) in [7, 11) is 1.59. The highest BCUT2D eigenvalue weighted by Crippen LogP contribution is 2.30. The average Bonchev–Trinajstić information content (AvgIpc) is 3.31. The van der Waals surface area contributed by atoms with Crippen LogP contribution in [-0.2, 0) is 11.0 Å².